The molecule has 0 spiro atoms. The lowest BCUT2D eigenvalue weighted by atomic mass is 9.99. The van der Waals surface area contributed by atoms with Crippen molar-refractivity contribution in [3.8, 4) is 5.75 Å². The summed E-state index contributed by atoms with van der Waals surface area (Å²) in [6, 6.07) is 16.1. The van der Waals surface area contributed by atoms with Gasteiger partial charge in [0, 0.05) is 90.2 Å². The summed E-state index contributed by atoms with van der Waals surface area (Å²) in [5.74, 6) is -7.77. The summed E-state index contributed by atoms with van der Waals surface area (Å²) in [7, 11) is 0. The van der Waals surface area contributed by atoms with Crippen LogP contribution in [0.5, 0.6) is 5.75 Å². The highest BCUT2D eigenvalue weighted by molar-refractivity contribution is 6.00. The smallest absolute Gasteiger partial charge is 0.326 e. The monoisotopic (exact) mass is 1390 g/mol. The average molecular weight is 1390 g/mol. The Morgan fingerprint density at radius 3 is 1.45 bits per heavy atom. The molecule has 10 atom stereocenters. The molecule has 0 unspecified atom stereocenters. The summed E-state index contributed by atoms with van der Waals surface area (Å²) in [6.07, 6.45) is 6.83. The van der Waals surface area contributed by atoms with Crippen molar-refractivity contribution in [2.45, 2.75) is 172 Å². The lowest BCUT2D eigenvalue weighted by Crippen LogP contribution is -2.60. The molecule has 7 aromatic rings. The first-order valence-electron chi connectivity index (χ1n) is 34.5. The maximum atomic E-state index is 15.2. The van der Waals surface area contributed by atoms with Crippen LogP contribution in [0.1, 0.15) is 108 Å². The Bertz CT molecular complexity index is 4140. The zero-order chi connectivity index (χ0) is 72.6. The van der Waals surface area contributed by atoms with Crippen LogP contribution in [0.15, 0.2) is 121 Å². The number of phenolic OH excluding ortho intramolecular Hbond substituents is 1. The van der Waals surface area contributed by atoms with Gasteiger partial charge in [-0.3, -0.25) is 48.1 Å². The highest BCUT2D eigenvalue weighted by Gasteiger charge is 2.43. The normalized spacial score (nSPS) is 16.9. The number of guanidine groups is 1. The Hall–Kier alpha value is -10.8. The van der Waals surface area contributed by atoms with Crippen molar-refractivity contribution in [2.24, 2.45) is 34.0 Å². The molecule has 2 aliphatic heterocycles. The molecule has 101 heavy (non-hydrogen) atoms. The molecule has 28 heteroatoms. The Morgan fingerprint density at radius 1 is 0.505 bits per heavy atom. The van der Waals surface area contributed by atoms with E-state index >= 15 is 4.79 Å². The van der Waals surface area contributed by atoms with Gasteiger partial charge in [0.1, 0.15) is 60.1 Å². The van der Waals surface area contributed by atoms with Crippen molar-refractivity contribution in [2.75, 3.05) is 19.6 Å². The van der Waals surface area contributed by atoms with Gasteiger partial charge in [-0.1, -0.05) is 94.4 Å². The maximum Gasteiger partial charge on any atom is 0.326 e. The number of phenols is 1. The molecule has 2 saturated heterocycles. The summed E-state index contributed by atoms with van der Waals surface area (Å²) in [4.78, 5) is 160. The van der Waals surface area contributed by atoms with E-state index in [2.05, 4.69) is 57.2 Å². The van der Waals surface area contributed by atoms with E-state index in [9.17, 15) is 53.4 Å². The number of likely N-dealkylation sites (tertiary alicyclic amines) is 2. The van der Waals surface area contributed by atoms with Crippen LogP contribution in [-0.2, 0) is 73.6 Å². The van der Waals surface area contributed by atoms with Crippen LogP contribution in [0.25, 0.3) is 32.7 Å². The number of rotatable bonds is 33. The third kappa shape index (κ3) is 19.6. The number of hydrogen-bond acceptors (Lipinski definition) is 13. The molecule has 28 nitrogen and oxygen atoms in total. The molecule has 0 saturated carbocycles. The number of carbonyl (C=O) groups is 10. The van der Waals surface area contributed by atoms with Crippen LogP contribution in [-0.4, -0.2) is 180 Å². The van der Waals surface area contributed by atoms with E-state index in [0.29, 0.717) is 35.1 Å². The maximum absolute atomic E-state index is 15.2. The molecule has 0 aliphatic carbocycles. The molecule has 5 heterocycles. The summed E-state index contributed by atoms with van der Waals surface area (Å²) >= 11 is 0. The number of carboxylic acid groups (broad SMARTS) is 1. The number of aromatic nitrogens is 3. The van der Waals surface area contributed by atoms with Crippen LogP contribution in [0.4, 0.5) is 0 Å². The Morgan fingerprint density at radius 2 is 0.931 bits per heavy atom. The molecule has 0 radical (unpaired) electrons. The Kier molecular flexibility index (Phi) is 25.3. The SMILES string of the molecule is CC(C)C[C@H](NC(=O)[C@@H]1CCCN1C(=O)[C@H](CC(C)C)NC(=O)[C@H](Cc1c[nH]c2ccccc12)NC(=O)[C@H](C)NC(=O)[C@@H]1CCCN1C(=O)[C@H](Cc1c[nH]c2ccccc12)NC(=O)[C@H](CCCN=C(N)N)NC(=O)[C@@H](N)Cc1ccc(O)cc1)C(=O)N[C@@H](Cc1c[nH]c2ccccc12)C(=O)O. The van der Waals surface area contributed by atoms with Crippen molar-refractivity contribution in [3.63, 3.8) is 0 Å². The molecule has 2 fully saturated rings. The van der Waals surface area contributed by atoms with E-state index in [4.69, 9.17) is 17.2 Å². The van der Waals surface area contributed by atoms with Crippen molar-refractivity contribution >= 4 is 97.8 Å². The van der Waals surface area contributed by atoms with Gasteiger partial charge in [0.05, 0.1) is 6.04 Å². The molecule has 18 N–H and O–H groups in total. The standard InChI is InChI=1S/C73H94N16O12/c1-40(2)31-56(66(94)87-60(72(100)101)36-46-39-80-54-20-11-8-17-50(46)54)84-69(97)62-23-14-30-89(62)70(98)58(32-41(3)4)85-67(95)57(34-44-37-78-52-18-9-6-15-48(44)52)83-63(91)42(5)81-68(96)61-22-13-29-88(61)71(99)59(35-45-38-79-53-19-10-7-16-49(45)53)86-65(93)55(21-12-28-77-73(75)76)82-64(92)51(74)33-43-24-26-47(90)27-25-43/h6-11,15-20,24-27,37-42,51,55-62,78-80,90H,12-14,21-23,28-36,74H2,1-5H3,(H,81,96)(H,82,92)(H,83,91)(H,84,97)(H,85,95)(H,86,93)(H,87,94)(H,100,101)(H4,75,76,77)/t42-,51-,55-,56-,57-,58-,59-,60-,61-,62-/m0/s1. The topological polar surface area (TPSA) is 440 Å². The lowest BCUT2D eigenvalue weighted by molar-refractivity contribution is -0.144. The number of carboxylic acids is 1. The number of nitrogens with zero attached hydrogens (tertiary/aromatic N) is 3. The lowest BCUT2D eigenvalue weighted by Gasteiger charge is -2.32. The predicted octanol–water partition coefficient (Wildman–Crippen LogP) is 3.06. The molecular formula is C73H94N16O12. The Labute approximate surface area is 584 Å². The van der Waals surface area contributed by atoms with Gasteiger partial charge < -0.3 is 89.4 Å². The molecule has 9 rings (SSSR count). The second-order valence-corrected chi connectivity index (χ2v) is 27.2. The number of para-hydroxylation sites is 3. The van der Waals surface area contributed by atoms with Gasteiger partial charge in [-0.15, -0.1) is 0 Å². The van der Waals surface area contributed by atoms with E-state index in [1.54, 1.807) is 30.7 Å². The van der Waals surface area contributed by atoms with Crippen LogP contribution < -0.4 is 54.4 Å². The van der Waals surface area contributed by atoms with Crippen molar-refractivity contribution < 1.29 is 58.2 Å². The van der Waals surface area contributed by atoms with Crippen LogP contribution in [0, 0.1) is 11.8 Å². The van der Waals surface area contributed by atoms with Gasteiger partial charge >= 0.3 is 5.97 Å². The van der Waals surface area contributed by atoms with Gasteiger partial charge in [0.2, 0.25) is 53.2 Å². The molecule has 4 aromatic carbocycles. The largest absolute Gasteiger partial charge is 0.508 e. The third-order valence-corrected chi connectivity index (χ3v) is 18.6. The zero-order valence-corrected chi connectivity index (χ0v) is 57.6. The second kappa shape index (κ2) is 34.3. The van der Waals surface area contributed by atoms with Crippen molar-refractivity contribution in [1.29, 1.82) is 0 Å². The van der Waals surface area contributed by atoms with Gasteiger partial charge in [-0.2, -0.15) is 0 Å². The number of fused-ring (bicyclic) bond motifs is 3. The van der Waals surface area contributed by atoms with Crippen LogP contribution in [0.2, 0.25) is 0 Å². The molecule has 0 bridgehead atoms. The summed E-state index contributed by atoms with van der Waals surface area (Å²) < 4.78 is 0. The number of H-pyrrole nitrogens is 3. The first-order valence-corrected chi connectivity index (χ1v) is 34.5. The van der Waals surface area contributed by atoms with Gasteiger partial charge in [-0.25, -0.2) is 4.79 Å². The fourth-order valence-corrected chi connectivity index (χ4v) is 13.4. The van der Waals surface area contributed by atoms with E-state index in [1.807, 2.05) is 100 Å². The minimum atomic E-state index is -1.35. The van der Waals surface area contributed by atoms with Crippen LogP contribution >= 0.6 is 0 Å². The first kappa shape index (κ1) is 74.5. The summed E-state index contributed by atoms with van der Waals surface area (Å²) in [5, 5.41) is 42.1. The molecule has 2 aliphatic rings. The van der Waals surface area contributed by atoms with Gasteiger partial charge in [-0.05, 0) is 129 Å². The van der Waals surface area contributed by atoms with E-state index in [0.717, 1.165) is 32.7 Å². The first-order chi connectivity index (χ1) is 48.3. The average Bonchev–Trinajstić information content (AvgIpc) is 1.73. The second-order valence-electron chi connectivity index (χ2n) is 27.2. The predicted molar refractivity (Wildman–Crippen MR) is 381 cm³/mol. The molecular weight excluding hydrogens is 1290 g/mol. The fourth-order valence-electron chi connectivity index (χ4n) is 13.4. The number of aromatic amines is 3. The number of amides is 9. The minimum Gasteiger partial charge on any atom is -0.508 e. The number of nitrogens with two attached hydrogens (primary N) is 3. The number of carbonyl (C=O) groups excluding carboxylic acids is 9. The molecule has 9 amide bonds. The minimum absolute atomic E-state index is 0.0299. The van der Waals surface area contributed by atoms with E-state index < -0.39 is 120 Å². The number of aromatic hydroxyl groups is 1. The zero-order valence-electron chi connectivity index (χ0n) is 57.6. The number of nitrogens with one attached hydrogen (secondary N) is 10. The van der Waals surface area contributed by atoms with Crippen molar-refractivity contribution in [1.82, 2.24) is 62.0 Å². The summed E-state index contributed by atoms with van der Waals surface area (Å²) in [5.41, 5.74) is 22.5. The van der Waals surface area contributed by atoms with Crippen molar-refractivity contribution in [3.05, 3.63) is 138 Å². The van der Waals surface area contributed by atoms with E-state index in [-0.39, 0.29) is 107 Å². The highest BCUT2D eigenvalue weighted by atomic mass is 16.4. The quantitative estimate of drug-likeness (QED) is 0.0160. The van der Waals surface area contributed by atoms with Gasteiger partial charge in [0.25, 0.3) is 0 Å². The summed E-state index contributed by atoms with van der Waals surface area (Å²) in [6.45, 7) is 9.25. The van der Waals surface area contributed by atoms with Gasteiger partial charge in [0.15, 0.2) is 5.96 Å². The number of aliphatic carboxylic acids is 1. The third-order valence-electron chi connectivity index (χ3n) is 18.6. The highest BCUT2D eigenvalue weighted by Crippen LogP contribution is 2.27. The Balaban J connectivity index is 0.893. The molecule has 538 valence electrons. The number of benzene rings is 4. The molecule has 3 aromatic heterocycles. The fraction of sp³-hybridized carbons (Fsp3) is 0.438. The van der Waals surface area contributed by atoms with E-state index in [1.165, 1.54) is 28.9 Å². The van der Waals surface area contributed by atoms with Crippen LogP contribution in [0.3, 0.4) is 0 Å². The number of hydrogen-bond donors (Lipinski definition) is 15. The number of aliphatic imine (C=N–C) groups is 1.